The SMILES string of the molecule is C=CCCc1ccccc1C=NN=Cc1ccc(-c2ccc(C)cc2)c(F)c1. The Morgan fingerprint density at radius 1 is 0.929 bits per heavy atom. The van der Waals surface area contributed by atoms with Crippen molar-refractivity contribution in [2.45, 2.75) is 19.8 Å². The average Bonchev–Trinajstić information content (AvgIpc) is 2.71. The van der Waals surface area contributed by atoms with Gasteiger partial charge < -0.3 is 0 Å². The van der Waals surface area contributed by atoms with Crippen LogP contribution in [0.1, 0.15) is 28.7 Å². The fourth-order valence-electron chi connectivity index (χ4n) is 2.92. The van der Waals surface area contributed by atoms with Crippen molar-refractivity contribution in [3.8, 4) is 11.1 Å². The molecule has 0 spiro atoms. The van der Waals surface area contributed by atoms with Crippen LogP contribution in [0, 0.1) is 12.7 Å². The second-order valence-electron chi connectivity index (χ2n) is 6.62. The molecule has 3 heteroatoms. The standard InChI is InChI=1S/C25H23FN2/c1-3-4-7-21-8-5-6-9-23(21)18-28-27-17-20-12-15-24(25(26)16-20)22-13-10-19(2)11-14-22/h3,5-6,8-18H,1,4,7H2,2H3. The summed E-state index contributed by atoms with van der Waals surface area (Å²) >= 11 is 0. The van der Waals surface area contributed by atoms with Gasteiger partial charge in [-0.05, 0) is 48.1 Å². The van der Waals surface area contributed by atoms with Gasteiger partial charge in [0.05, 0.1) is 12.4 Å². The van der Waals surface area contributed by atoms with E-state index in [0.717, 1.165) is 29.5 Å². The highest BCUT2D eigenvalue weighted by molar-refractivity contribution is 5.84. The summed E-state index contributed by atoms with van der Waals surface area (Å²) in [7, 11) is 0. The fraction of sp³-hybridized carbons (Fsp3) is 0.120. The summed E-state index contributed by atoms with van der Waals surface area (Å²) in [6, 6.07) is 21.0. The predicted molar refractivity (Wildman–Crippen MR) is 117 cm³/mol. The van der Waals surface area contributed by atoms with Crippen LogP contribution >= 0.6 is 0 Å². The number of hydrogen-bond acceptors (Lipinski definition) is 2. The third-order valence-electron chi connectivity index (χ3n) is 4.50. The smallest absolute Gasteiger partial charge is 0.131 e. The highest BCUT2D eigenvalue weighted by atomic mass is 19.1. The molecule has 0 aliphatic rings. The molecule has 0 fully saturated rings. The van der Waals surface area contributed by atoms with Gasteiger partial charge in [-0.2, -0.15) is 10.2 Å². The number of halogens is 1. The average molecular weight is 370 g/mol. The maximum atomic E-state index is 14.5. The van der Waals surface area contributed by atoms with Gasteiger partial charge in [-0.25, -0.2) is 4.39 Å². The molecule has 0 heterocycles. The molecule has 0 aliphatic carbocycles. The number of rotatable bonds is 7. The minimum absolute atomic E-state index is 0.272. The highest BCUT2D eigenvalue weighted by Gasteiger charge is 2.05. The molecule has 3 aromatic rings. The van der Waals surface area contributed by atoms with Crippen molar-refractivity contribution in [3.63, 3.8) is 0 Å². The molecule has 0 bridgehead atoms. The zero-order valence-electron chi connectivity index (χ0n) is 16.0. The molecule has 0 aliphatic heterocycles. The molecule has 0 N–H and O–H groups in total. The molecule has 0 saturated heterocycles. The summed E-state index contributed by atoms with van der Waals surface area (Å²) in [4.78, 5) is 0. The zero-order valence-corrected chi connectivity index (χ0v) is 16.0. The van der Waals surface area contributed by atoms with E-state index < -0.39 is 0 Å². The van der Waals surface area contributed by atoms with Gasteiger partial charge in [0.25, 0.3) is 0 Å². The Labute approximate surface area is 165 Å². The summed E-state index contributed by atoms with van der Waals surface area (Å²) in [5, 5.41) is 8.19. The number of allylic oxidation sites excluding steroid dienone is 1. The number of aryl methyl sites for hydroxylation is 2. The van der Waals surface area contributed by atoms with E-state index in [1.54, 1.807) is 18.5 Å². The van der Waals surface area contributed by atoms with Gasteiger partial charge in [0.1, 0.15) is 5.82 Å². The Morgan fingerprint density at radius 2 is 1.68 bits per heavy atom. The van der Waals surface area contributed by atoms with E-state index in [1.165, 1.54) is 11.6 Å². The maximum Gasteiger partial charge on any atom is 0.131 e. The fourth-order valence-corrected chi connectivity index (χ4v) is 2.92. The number of benzene rings is 3. The molecule has 0 aromatic heterocycles. The minimum Gasteiger partial charge on any atom is -0.206 e. The first-order valence-corrected chi connectivity index (χ1v) is 9.29. The molecule has 0 radical (unpaired) electrons. The van der Waals surface area contributed by atoms with Gasteiger partial charge in [-0.3, -0.25) is 0 Å². The van der Waals surface area contributed by atoms with Gasteiger partial charge >= 0.3 is 0 Å². The highest BCUT2D eigenvalue weighted by Crippen LogP contribution is 2.23. The van der Waals surface area contributed by atoms with Gasteiger partial charge in [-0.1, -0.05) is 72.3 Å². The van der Waals surface area contributed by atoms with E-state index in [9.17, 15) is 4.39 Å². The first kappa shape index (κ1) is 19.4. The lowest BCUT2D eigenvalue weighted by Crippen LogP contribution is -1.92. The molecule has 0 amide bonds. The molecule has 0 saturated carbocycles. The summed E-state index contributed by atoms with van der Waals surface area (Å²) < 4.78 is 14.5. The summed E-state index contributed by atoms with van der Waals surface area (Å²) in [6.07, 6.45) is 7.03. The van der Waals surface area contributed by atoms with E-state index >= 15 is 0 Å². The van der Waals surface area contributed by atoms with Crippen molar-refractivity contribution < 1.29 is 4.39 Å². The van der Waals surface area contributed by atoms with Crippen LogP contribution in [-0.4, -0.2) is 12.4 Å². The molecule has 3 aromatic carbocycles. The second-order valence-corrected chi connectivity index (χ2v) is 6.62. The lowest BCUT2D eigenvalue weighted by atomic mass is 10.0. The van der Waals surface area contributed by atoms with Crippen molar-refractivity contribution in [3.05, 3.63) is 107 Å². The van der Waals surface area contributed by atoms with E-state index in [4.69, 9.17) is 0 Å². The van der Waals surface area contributed by atoms with E-state index in [-0.39, 0.29) is 5.82 Å². The third kappa shape index (κ3) is 5.10. The minimum atomic E-state index is -0.272. The molecule has 0 unspecified atom stereocenters. The van der Waals surface area contributed by atoms with E-state index in [1.807, 2.05) is 61.5 Å². The first-order valence-electron chi connectivity index (χ1n) is 9.29. The summed E-state index contributed by atoms with van der Waals surface area (Å²) in [6.45, 7) is 5.77. The number of hydrogen-bond donors (Lipinski definition) is 0. The predicted octanol–water partition coefficient (Wildman–Crippen LogP) is 6.37. The van der Waals surface area contributed by atoms with E-state index in [2.05, 4.69) is 22.8 Å². The summed E-state index contributed by atoms with van der Waals surface area (Å²) in [5.74, 6) is -0.272. The Morgan fingerprint density at radius 3 is 2.43 bits per heavy atom. The second kappa shape index (κ2) is 9.56. The molecular formula is C25H23FN2. The van der Waals surface area contributed by atoms with Crippen molar-refractivity contribution in [1.29, 1.82) is 0 Å². The normalized spacial score (nSPS) is 11.4. The van der Waals surface area contributed by atoms with Crippen LogP contribution in [0.15, 0.2) is 89.6 Å². The Kier molecular flexibility index (Phi) is 6.64. The topological polar surface area (TPSA) is 24.7 Å². The molecule has 28 heavy (non-hydrogen) atoms. The Bertz CT molecular complexity index is 1000. The lowest BCUT2D eigenvalue weighted by molar-refractivity contribution is 0.631. The number of nitrogens with zero attached hydrogens (tertiary/aromatic N) is 2. The van der Waals surface area contributed by atoms with Crippen LogP contribution in [-0.2, 0) is 6.42 Å². The zero-order chi connectivity index (χ0) is 19.8. The lowest BCUT2D eigenvalue weighted by Gasteiger charge is -2.05. The Balaban J connectivity index is 1.71. The first-order chi connectivity index (χ1) is 13.7. The molecule has 0 atom stereocenters. The van der Waals surface area contributed by atoms with Crippen LogP contribution in [0.4, 0.5) is 4.39 Å². The largest absolute Gasteiger partial charge is 0.206 e. The monoisotopic (exact) mass is 370 g/mol. The van der Waals surface area contributed by atoms with Crippen molar-refractivity contribution in [1.82, 2.24) is 0 Å². The van der Waals surface area contributed by atoms with Crippen molar-refractivity contribution >= 4 is 12.4 Å². The van der Waals surface area contributed by atoms with E-state index in [0.29, 0.717) is 11.1 Å². The van der Waals surface area contributed by atoms with Gasteiger partial charge in [0.15, 0.2) is 0 Å². The van der Waals surface area contributed by atoms with Crippen LogP contribution in [0.3, 0.4) is 0 Å². The molecule has 140 valence electrons. The van der Waals surface area contributed by atoms with Crippen molar-refractivity contribution in [2.75, 3.05) is 0 Å². The maximum absolute atomic E-state index is 14.5. The van der Waals surface area contributed by atoms with Crippen LogP contribution < -0.4 is 0 Å². The molecule has 2 nitrogen and oxygen atoms in total. The van der Waals surface area contributed by atoms with Crippen LogP contribution in [0.25, 0.3) is 11.1 Å². The van der Waals surface area contributed by atoms with Gasteiger partial charge in [-0.15, -0.1) is 6.58 Å². The quantitative estimate of drug-likeness (QED) is 0.262. The molecular weight excluding hydrogens is 347 g/mol. The Hall–Kier alpha value is -3.33. The summed E-state index contributed by atoms with van der Waals surface area (Å²) in [5.41, 5.74) is 5.50. The van der Waals surface area contributed by atoms with Crippen LogP contribution in [0.5, 0.6) is 0 Å². The molecule has 3 rings (SSSR count). The van der Waals surface area contributed by atoms with Gasteiger partial charge in [0, 0.05) is 5.56 Å². The van der Waals surface area contributed by atoms with Crippen LogP contribution in [0.2, 0.25) is 0 Å². The van der Waals surface area contributed by atoms with Crippen molar-refractivity contribution in [2.24, 2.45) is 10.2 Å². The third-order valence-corrected chi connectivity index (χ3v) is 4.50. The van der Waals surface area contributed by atoms with Gasteiger partial charge in [0.2, 0.25) is 0 Å².